The first kappa shape index (κ1) is 15.2. The lowest BCUT2D eigenvalue weighted by Gasteiger charge is -2.18. The van der Waals surface area contributed by atoms with E-state index in [0.29, 0.717) is 25.1 Å². The van der Waals surface area contributed by atoms with E-state index >= 15 is 0 Å². The van der Waals surface area contributed by atoms with Gasteiger partial charge in [0, 0.05) is 24.9 Å². The molecule has 0 aromatic heterocycles. The van der Waals surface area contributed by atoms with E-state index in [1.807, 2.05) is 0 Å². The molecule has 0 atom stereocenters. The molecular weight excluding hydrogens is 218 g/mol. The number of rotatable bonds is 9. The molecule has 0 spiro atoms. The molecular formula is C13H19NO3. The monoisotopic (exact) mass is 237 g/mol. The largest absolute Gasteiger partial charge is 0.481 e. The predicted molar refractivity (Wildman–Crippen MR) is 67.6 cm³/mol. The summed E-state index contributed by atoms with van der Waals surface area (Å²) in [6.07, 6.45) is 5.52. The van der Waals surface area contributed by atoms with E-state index in [-0.39, 0.29) is 12.2 Å². The van der Waals surface area contributed by atoms with Crippen LogP contribution in [0.15, 0.2) is 37.1 Å². The van der Waals surface area contributed by atoms with Gasteiger partial charge in [-0.2, -0.15) is 0 Å². The highest BCUT2D eigenvalue weighted by Crippen LogP contribution is 2.07. The van der Waals surface area contributed by atoms with Gasteiger partial charge in [0.15, 0.2) is 5.78 Å². The maximum absolute atomic E-state index is 11.3. The summed E-state index contributed by atoms with van der Waals surface area (Å²) in [6, 6.07) is 0. The highest BCUT2D eigenvalue weighted by atomic mass is 16.4. The minimum atomic E-state index is -0.861. The number of ketones is 1. The molecule has 0 fully saturated rings. The van der Waals surface area contributed by atoms with Crippen molar-refractivity contribution in [2.45, 2.75) is 19.8 Å². The van der Waals surface area contributed by atoms with E-state index in [1.165, 1.54) is 6.92 Å². The summed E-state index contributed by atoms with van der Waals surface area (Å²) in [4.78, 5) is 23.6. The number of hydrogen-bond acceptors (Lipinski definition) is 3. The van der Waals surface area contributed by atoms with Gasteiger partial charge in [0.2, 0.25) is 0 Å². The Morgan fingerprint density at radius 3 is 2.35 bits per heavy atom. The normalized spacial score (nSPS) is 10.8. The first-order valence-corrected chi connectivity index (χ1v) is 5.40. The number of Topliss-reactive ketones (excluding diaryl/α,β-unsaturated/α-hetero) is 1. The molecule has 0 aliphatic heterocycles. The second kappa shape index (κ2) is 8.33. The van der Waals surface area contributed by atoms with Gasteiger partial charge in [-0.05, 0) is 13.3 Å². The molecule has 0 aromatic carbocycles. The Kier molecular flexibility index (Phi) is 7.43. The molecule has 0 saturated heterocycles. The molecule has 1 N–H and O–H groups in total. The average Bonchev–Trinajstić information content (AvgIpc) is 2.25. The SMILES string of the molecule is C=CC/C(=C\N(CC=C)CCC(=O)O)C(C)=O. The maximum atomic E-state index is 11.3. The summed E-state index contributed by atoms with van der Waals surface area (Å²) in [5.74, 6) is -0.894. The van der Waals surface area contributed by atoms with Crippen molar-refractivity contribution < 1.29 is 14.7 Å². The van der Waals surface area contributed by atoms with Crippen molar-refractivity contribution in [3.8, 4) is 0 Å². The number of allylic oxidation sites excluding steroid dienone is 2. The van der Waals surface area contributed by atoms with Crippen LogP contribution in [0, 0.1) is 0 Å². The molecule has 0 saturated carbocycles. The molecule has 94 valence electrons. The predicted octanol–water partition coefficient (Wildman–Crippen LogP) is 2.00. The maximum Gasteiger partial charge on any atom is 0.305 e. The van der Waals surface area contributed by atoms with Crippen LogP contribution in [0.25, 0.3) is 0 Å². The van der Waals surface area contributed by atoms with E-state index in [4.69, 9.17) is 5.11 Å². The number of carbonyl (C=O) groups is 2. The fourth-order valence-electron chi connectivity index (χ4n) is 1.28. The zero-order chi connectivity index (χ0) is 13.3. The molecule has 4 heteroatoms. The summed E-state index contributed by atoms with van der Waals surface area (Å²) >= 11 is 0. The fraction of sp³-hybridized carbons (Fsp3) is 0.385. The molecule has 0 heterocycles. The summed E-state index contributed by atoms with van der Waals surface area (Å²) in [6.45, 7) is 9.54. The highest BCUT2D eigenvalue weighted by Gasteiger charge is 2.06. The van der Waals surface area contributed by atoms with Gasteiger partial charge in [0.25, 0.3) is 0 Å². The minimum absolute atomic E-state index is 0.0314. The molecule has 0 radical (unpaired) electrons. The Morgan fingerprint density at radius 2 is 1.94 bits per heavy atom. The molecule has 0 aliphatic rings. The first-order chi connectivity index (χ1) is 8.01. The topological polar surface area (TPSA) is 57.6 Å². The van der Waals surface area contributed by atoms with Crippen LogP contribution in [0.2, 0.25) is 0 Å². The first-order valence-electron chi connectivity index (χ1n) is 5.40. The van der Waals surface area contributed by atoms with E-state index in [0.717, 1.165) is 0 Å². The van der Waals surface area contributed by atoms with Crippen molar-refractivity contribution in [2.75, 3.05) is 13.1 Å². The molecule has 0 aromatic rings. The van der Waals surface area contributed by atoms with E-state index in [9.17, 15) is 9.59 Å². The van der Waals surface area contributed by atoms with Crippen LogP contribution in [0.3, 0.4) is 0 Å². The number of carbonyl (C=O) groups excluding carboxylic acids is 1. The van der Waals surface area contributed by atoms with Crippen molar-refractivity contribution in [3.05, 3.63) is 37.1 Å². The molecule has 0 amide bonds. The van der Waals surface area contributed by atoms with E-state index < -0.39 is 5.97 Å². The van der Waals surface area contributed by atoms with Crippen LogP contribution in [-0.4, -0.2) is 34.8 Å². The lowest BCUT2D eigenvalue weighted by Crippen LogP contribution is -2.22. The number of hydrogen-bond donors (Lipinski definition) is 1. The zero-order valence-corrected chi connectivity index (χ0v) is 10.2. The standard InChI is InChI=1S/C13H19NO3/c1-4-6-12(11(3)15)10-14(8-5-2)9-7-13(16)17/h4-5,10H,1-2,6-9H2,3H3,(H,16,17)/b12-10+. The third-order valence-electron chi connectivity index (χ3n) is 2.13. The Hall–Kier alpha value is -1.84. The average molecular weight is 237 g/mol. The number of carboxylic acid groups (broad SMARTS) is 1. The van der Waals surface area contributed by atoms with Crippen molar-refractivity contribution in [1.29, 1.82) is 0 Å². The van der Waals surface area contributed by atoms with Crippen LogP contribution in [-0.2, 0) is 9.59 Å². The second-order valence-corrected chi connectivity index (χ2v) is 3.63. The van der Waals surface area contributed by atoms with Crippen molar-refractivity contribution >= 4 is 11.8 Å². The van der Waals surface area contributed by atoms with Gasteiger partial charge in [0.1, 0.15) is 0 Å². The Bertz CT molecular complexity index is 332. The van der Waals surface area contributed by atoms with Gasteiger partial charge in [-0.15, -0.1) is 13.2 Å². The smallest absolute Gasteiger partial charge is 0.305 e. The Labute approximate surface area is 102 Å². The van der Waals surface area contributed by atoms with E-state index in [1.54, 1.807) is 23.3 Å². The van der Waals surface area contributed by atoms with Gasteiger partial charge in [-0.1, -0.05) is 12.2 Å². The van der Waals surface area contributed by atoms with E-state index in [2.05, 4.69) is 13.2 Å². The molecule has 0 rings (SSSR count). The third kappa shape index (κ3) is 7.11. The number of carboxylic acids is 1. The molecule has 4 nitrogen and oxygen atoms in total. The Balaban J connectivity index is 4.70. The van der Waals surface area contributed by atoms with Crippen LogP contribution in [0.5, 0.6) is 0 Å². The van der Waals surface area contributed by atoms with Crippen LogP contribution >= 0.6 is 0 Å². The lowest BCUT2D eigenvalue weighted by atomic mass is 10.1. The molecule has 0 bridgehead atoms. The van der Waals surface area contributed by atoms with Gasteiger partial charge in [0.05, 0.1) is 6.42 Å². The summed E-state index contributed by atoms with van der Waals surface area (Å²) in [5, 5.41) is 8.62. The summed E-state index contributed by atoms with van der Waals surface area (Å²) < 4.78 is 0. The van der Waals surface area contributed by atoms with Crippen molar-refractivity contribution in [1.82, 2.24) is 4.90 Å². The van der Waals surface area contributed by atoms with Crippen molar-refractivity contribution in [2.24, 2.45) is 0 Å². The van der Waals surface area contributed by atoms with Crippen molar-refractivity contribution in [3.63, 3.8) is 0 Å². The lowest BCUT2D eigenvalue weighted by molar-refractivity contribution is -0.137. The van der Waals surface area contributed by atoms with Gasteiger partial charge < -0.3 is 10.0 Å². The zero-order valence-electron chi connectivity index (χ0n) is 10.2. The number of aliphatic carboxylic acids is 1. The minimum Gasteiger partial charge on any atom is -0.481 e. The van der Waals surface area contributed by atoms with Gasteiger partial charge in [-0.25, -0.2) is 0 Å². The second-order valence-electron chi connectivity index (χ2n) is 3.63. The van der Waals surface area contributed by atoms with Crippen LogP contribution < -0.4 is 0 Å². The Morgan fingerprint density at radius 1 is 1.29 bits per heavy atom. The molecule has 0 unspecified atom stereocenters. The third-order valence-corrected chi connectivity index (χ3v) is 2.13. The molecule has 0 aliphatic carbocycles. The summed E-state index contributed by atoms with van der Waals surface area (Å²) in [5.41, 5.74) is 0.618. The number of nitrogens with zero attached hydrogens (tertiary/aromatic N) is 1. The van der Waals surface area contributed by atoms with Gasteiger partial charge in [-0.3, -0.25) is 9.59 Å². The highest BCUT2D eigenvalue weighted by molar-refractivity contribution is 5.93. The van der Waals surface area contributed by atoms with Crippen LogP contribution in [0.4, 0.5) is 0 Å². The van der Waals surface area contributed by atoms with Gasteiger partial charge >= 0.3 is 5.97 Å². The molecule has 17 heavy (non-hydrogen) atoms. The quantitative estimate of drug-likeness (QED) is 0.492. The fourth-order valence-corrected chi connectivity index (χ4v) is 1.28. The van der Waals surface area contributed by atoms with Crippen LogP contribution in [0.1, 0.15) is 19.8 Å². The summed E-state index contributed by atoms with van der Waals surface area (Å²) in [7, 11) is 0.